The molecule has 0 bridgehead atoms. The standard InChI is InChI=1S/C24H30N2O4.Na.H/c1-26(2)15-4-3-5-16-28-20-12-9-19(10-13-20)11-14-23(27)25-21-7-6-8-22-24(21)30-18-17-29-22;;/h6-14H,3-5,15-18H2,1-2H3,(H,25,27);;/q;+1;-1. The van der Waals surface area contributed by atoms with Gasteiger partial charge in [-0.1, -0.05) is 18.2 Å². The molecule has 0 aromatic heterocycles. The van der Waals surface area contributed by atoms with Crippen molar-refractivity contribution in [2.24, 2.45) is 0 Å². The van der Waals surface area contributed by atoms with Crippen molar-refractivity contribution in [2.45, 2.75) is 19.3 Å². The van der Waals surface area contributed by atoms with Gasteiger partial charge in [0.2, 0.25) is 5.91 Å². The Morgan fingerprint density at radius 3 is 2.65 bits per heavy atom. The fourth-order valence-electron chi connectivity index (χ4n) is 3.09. The summed E-state index contributed by atoms with van der Waals surface area (Å²) in [7, 11) is 4.18. The second kappa shape index (κ2) is 13.4. The van der Waals surface area contributed by atoms with Crippen molar-refractivity contribution in [3.8, 4) is 17.2 Å². The monoisotopic (exact) mass is 434 g/mol. The van der Waals surface area contributed by atoms with Gasteiger partial charge in [-0.15, -0.1) is 0 Å². The van der Waals surface area contributed by atoms with Gasteiger partial charge in [0.05, 0.1) is 12.3 Å². The third-order valence-electron chi connectivity index (χ3n) is 4.65. The summed E-state index contributed by atoms with van der Waals surface area (Å²) < 4.78 is 16.9. The molecule has 1 aliphatic rings. The first-order valence-electron chi connectivity index (χ1n) is 10.4. The molecule has 0 saturated heterocycles. The quantitative estimate of drug-likeness (QED) is 0.347. The average molecular weight is 435 g/mol. The minimum atomic E-state index is -0.226. The van der Waals surface area contributed by atoms with E-state index < -0.39 is 0 Å². The molecular weight excluding hydrogens is 403 g/mol. The normalized spacial score (nSPS) is 12.5. The van der Waals surface area contributed by atoms with Crippen molar-refractivity contribution >= 4 is 17.7 Å². The Kier molecular flexibility index (Phi) is 10.9. The number of carbonyl (C=O) groups is 1. The van der Waals surface area contributed by atoms with Crippen LogP contribution >= 0.6 is 0 Å². The first-order valence-corrected chi connectivity index (χ1v) is 10.4. The van der Waals surface area contributed by atoms with Crippen LogP contribution in [0.3, 0.4) is 0 Å². The average Bonchev–Trinajstić information content (AvgIpc) is 2.75. The predicted octanol–water partition coefficient (Wildman–Crippen LogP) is 1.34. The van der Waals surface area contributed by atoms with E-state index in [1.165, 1.54) is 12.5 Å². The van der Waals surface area contributed by atoms with Gasteiger partial charge in [0.15, 0.2) is 11.5 Å². The number of nitrogens with zero attached hydrogens (tertiary/aromatic N) is 1. The molecule has 0 radical (unpaired) electrons. The molecule has 7 heteroatoms. The number of ether oxygens (including phenoxy) is 3. The zero-order valence-corrected chi connectivity index (χ0v) is 20.7. The van der Waals surface area contributed by atoms with Crippen LogP contribution in [-0.2, 0) is 4.79 Å². The van der Waals surface area contributed by atoms with Crippen molar-refractivity contribution in [1.29, 1.82) is 0 Å². The molecule has 1 heterocycles. The van der Waals surface area contributed by atoms with Crippen molar-refractivity contribution in [3.63, 3.8) is 0 Å². The van der Waals surface area contributed by atoms with Gasteiger partial charge in [0.1, 0.15) is 19.0 Å². The van der Waals surface area contributed by atoms with Gasteiger partial charge in [0, 0.05) is 6.08 Å². The van der Waals surface area contributed by atoms with Crippen molar-refractivity contribution < 1.29 is 50.0 Å². The second-order valence-electron chi connectivity index (χ2n) is 7.43. The molecule has 1 aliphatic heterocycles. The van der Waals surface area contributed by atoms with E-state index in [1.807, 2.05) is 36.4 Å². The van der Waals surface area contributed by atoms with E-state index in [0.29, 0.717) is 30.4 Å². The Morgan fingerprint density at radius 2 is 1.87 bits per heavy atom. The van der Waals surface area contributed by atoms with Gasteiger partial charge >= 0.3 is 29.6 Å². The van der Waals surface area contributed by atoms with Crippen LogP contribution in [0.2, 0.25) is 0 Å². The number of rotatable bonds is 10. The summed E-state index contributed by atoms with van der Waals surface area (Å²) in [6.07, 6.45) is 6.67. The summed E-state index contributed by atoms with van der Waals surface area (Å²) in [5.41, 5.74) is 1.54. The number of fused-ring (bicyclic) bond motifs is 1. The molecule has 0 unspecified atom stereocenters. The van der Waals surface area contributed by atoms with Crippen LogP contribution in [0.15, 0.2) is 48.5 Å². The molecule has 31 heavy (non-hydrogen) atoms. The van der Waals surface area contributed by atoms with Crippen molar-refractivity contribution in [1.82, 2.24) is 4.90 Å². The first kappa shape index (κ1) is 25.3. The zero-order valence-electron chi connectivity index (χ0n) is 19.7. The summed E-state index contributed by atoms with van der Waals surface area (Å²) in [6, 6.07) is 13.2. The Balaban J connectivity index is 0.00000256. The van der Waals surface area contributed by atoms with Gasteiger partial charge in [-0.2, -0.15) is 0 Å². The molecule has 0 spiro atoms. The van der Waals surface area contributed by atoms with E-state index >= 15 is 0 Å². The minimum absolute atomic E-state index is 0. The number of nitrogens with one attached hydrogen (secondary N) is 1. The summed E-state index contributed by atoms with van der Waals surface area (Å²) in [5, 5.41) is 2.84. The second-order valence-corrected chi connectivity index (χ2v) is 7.43. The molecule has 0 saturated carbocycles. The molecule has 162 valence electrons. The van der Waals surface area contributed by atoms with E-state index in [-0.39, 0.29) is 36.9 Å². The molecule has 0 atom stereocenters. The number of hydrogen-bond donors (Lipinski definition) is 1. The number of carbonyl (C=O) groups excluding carboxylic acids is 1. The van der Waals surface area contributed by atoms with E-state index in [2.05, 4.69) is 24.3 Å². The van der Waals surface area contributed by atoms with E-state index in [0.717, 1.165) is 37.3 Å². The molecule has 6 nitrogen and oxygen atoms in total. The molecule has 0 aliphatic carbocycles. The molecule has 2 aromatic carbocycles. The molecule has 3 rings (SSSR count). The Bertz CT molecular complexity index is 860. The van der Waals surface area contributed by atoms with Gasteiger partial charge in [-0.25, -0.2) is 0 Å². The summed E-state index contributed by atoms with van der Waals surface area (Å²) in [5.74, 6) is 1.85. The maximum absolute atomic E-state index is 12.3. The van der Waals surface area contributed by atoms with Crippen LogP contribution in [0.5, 0.6) is 17.2 Å². The number of anilines is 1. The summed E-state index contributed by atoms with van der Waals surface area (Å²) >= 11 is 0. The number of benzene rings is 2. The maximum Gasteiger partial charge on any atom is 1.00 e. The molecule has 0 fully saturated rings. The van der Waals surface area contributed by atoms with E-state index in [4.69, 9.17) is 14.2 Å². The SMILES string of the molecule is CN(C)CCCCCOc1ccc(C=CC(=O)Nc2cccc3c2OCCO3)cc1.[H-].[Na+]. The number of hydrogen-bond acceptors (Lipinski definition) is 5. The zero-order chi connectivity index (χ0) is 21.2. The Hall–Kier alpha value is -1.99. The van der Waals surface area contributed by atoms with E-state index in [9.17, 15) is 4.79 Å². The summed E-state index contributed by atoms with van der Waals surface area (Å²) in [4.78, 5) is 14.5. The summed E-state index contributed by atoms with van der Waals surface area (Å²) in [6.45, 7) is 2.82. The topological polar surface area (TPSA) is 60.0 Å². The third kappa shape index (κ3) is 8.57. The minimum Gasteiger partial charge on any atom is -1.00 e. The van der Waals surface area contributed by atoms with Gasteiger partial charge in [-0.05, 0) is 75.8 Å². The van der Waals surface area contributed by atoms with Crippen LogP contribution in [0.25, 0.3) is 6.08 Å². The molecule has 2 aromatic rings. The van der Waals surface area contributed by atoms with Crippen LogP contribution < -0.4 is 49.1 Å². The third-order valence-corrected chi connectivity index (χ3v) is 4.65. The number of para-hydroxylation sites is 1. The van der Waals surface area contributed by atoms with Crippen LogP contribution in [0.4, 0.5) is 5.69 Å². The molecule has 1 amide bonds. The van der Waals surface area contributed by atoms with Gasteiger partial charge < -0.3 is 25.9 Å². The van der Waals surface area contributed by atoms with Crippen LogP contribution in [0.1, 0.15) is 26.3 Å². The van der Waals surface area contributed by atoms with Gasteiger partial charge in [-0.3, -0.25) is 4.79 Å². The molecule has 1 N–H and O–H groups in total. The van der Waals surface area contributed by atoms with Crippen LogP contribution in [-0.4, -0.2) is 51.3 Å². The molecular formula is C24H31N2NaO4. The van der Waals surface area contributed by atoms with Crippen LogP contribution in [0, 0.1) is 0 Å². The van der Waals surface area contributed by atoms with Crippen molar-refractivity contribution in [2.75, 3.05) is 45.8 Å². The van der Waals surface area contributed by atoms with E-state index in [1.54, 1.807) is 12.1 Å². The van der Waals surface area contributed by atoms with Gasteiger partial charge in [0.25, 0.3) is 0 Å². The Morgan fingerprint density at radius 1 is 1.10 bits per heavy atom. The van der Waals surface area contributed by atoms with Crippen molar-refractivity contribution in [3.05, 3.63) is 54.1 Å². The smallest absolute Gasteiger partial charge is 1.00 e. The fourth-order valence-corrected chi connectivity index (χ4v) is 3.09. The largest absolute Gasteiger partial charge is 1.00 e. The number of amides is 1. The Labute approximate surface area is 208 Å². The predicted molar refractivity (Wildman–Crippen MR) is 121 cm³/mol. The number of unbranched alkanes of at least 4 members (excludes halogenated alkanes) is 2. The fraction of sp³-hybridized carbons (Fsp3) is 0.375. The first-order chi connectivity index (χ1) is 14.6. The maximum atomic E-state index is 12.3.